The third-order valence-electron chi connectivity index (χ3n) is 2.88. The highest BCUT2D eigenvalue weighted by atomic mass is 16.1. The van der Waals surface area contributed by atoms with Crippen molar-refractivity contribution in [3.05, 3.63) is 40.4 Å². The standard InChI is InChI=1S/C12H12N2O/c1-8-2-5-10-11(6-8)13-7-14(12(10)15)9-3-4-9/h2,5-7,9H,3-4H2,1H3. The van der Waals surface area contributed by atoms with Gasteiger partial charge < -0.3 is 0 Å². The van der Waals surface area contributed by atoms with E-state index >= 15 is 0 Å². The van der Waals surface area contributed by atoms with E-state index in [2.05, 4.69) is 4.98 Å². The molecule has 76 valence electrons. The maximum atomic E-state index is 12.0. The summed E-state index contributed by atoms with van der Waals surface area (Å²) in [5.74, 6) is 0. The first kappa shape index (κ1) is 8.65. The Balaban J connectivity index is 2.32. The molecule has 1 fully saturated rings. The van der Waals surface area contributed by atoms with Crippen molar-refractivity contribution in [2.24, 2.45) is 0 Å². The minimum absolute atomic E-state index is 0.0995. The highest BCUT2D eigenvalue weighted by molar-refractivity contribution is 5.77. The molecule has 1 aromatic carbocycles. The molecule has 1 aromatic heterocycles. The van der Waals surface area contributed by atoms with Gasteiger partial charge in [-0.15, -0.1) is 0 Å². The van der Waals surface area contributed by atoms with Gasteiger partial charge in [0.1, 0.15) is 0 Å². The van der Waals surface area contributed by atoms with Gasteiger partial charge in [-0.3, -0.25) is 9.36 Å². The summed E-state index contributed by atoms with van der Waals surface area (Å²) in [5, 5.41) is 0.731. The van der Waals surface area contributed by atoms with E-state index < -0.39 is 0 Å². The summed E-state index contributed by atoms with van der Waals surface area (Å²) in [4.78, 5) is 16.4. The molecular formula is C12H12N2O. The molecule has 1 aliphatic carbocycles. The Hall–Kier alpha value is -1.64. The van der Waals surface area contributed by atoms with Crippen molar-refractivity contribution in [2.75, 3.05) is 0 Å². The van der Waals surface area contributed by atoms with Crippen LogP contribution in [0, 0.1) is 6.92 Å². The SMILES string of the molecule is Cc1ccc2c(=O)n(C3CC3)cnc2c1. The molecule has 0 amide bonds. The summed E-state index contributed by atoms with van der Waals surface area (Å²) in [6, 6.07) is 6.19. The second kappa shape index (κ2) is 2.92. The van der Waals surface area contributed by atoms with Crippen LogP contribution >= 0.6 is 0 Å². The largest absolute Gasteiger partial charge is 0.296 e. The van der Waals surface area contributed by atoms with E-state index in [4.69, 9.17) is 0 Å². The Morgan fingerprint density at radius 3 is 2.93 bits per heavy atom. The Labute approximate surface area is 87.4 Å². The fourth-order valence-corrected chi connectivity index (χ4v) is 1.86. The van der Waals surface area contributed by atoms with Gasteiger partial charge in [0.15, 0.2) is 0 Å². The predicted molar refractivity (Wildman–Crippen MR) is 59.0 cm³/mol. The summed E-state index contributed by atoms with van der Waals surface area (Å²) in [6.07, 6.45) is 3.90. The van der Waals surface area contributed by atoms with Crippen LogP contribution in [0.4, 0.5) is 0 Å². The summed E-state index contributed by atoms with van der Waals surface area (Å²) in [6.45, 7) is 2.01. The van der Waals surface area contributed by atoms with Crippen molar-refractivity contribution in [1.82, 2.24) is 9.55 Å². The van der Waals surface area contributed by atoms with E-state index in [9.17, 15) is 4.79 Å². The van der Waals surface area contributed by atoms with E-state index in [0.717, 1.165) is 29.3 Å². The van der Waals surface area contributed by atoms with Gasteiger partial charge in [-0.25, -0.2) is 4.98 Å². The number of aromatic nitrogens is 2. The molecule has 0 aliphatic heterocycles. The Bertz CT molecular complexity index is 582. The van der Waals surface area contributed by atoms with Crippen molar-refractivity contribution in [2.45, 2.75) is 25.8 Å². The van der Waals surface area contributed by atoms with Crippen LogP contribution in [0.2, 0.25) is 0 Å². The average molecular weight is 200 g/mol. The highest BCUT2D eigenvalue weighted by Gasteiger charge is 2.24. The predicted octanol–water partition coefficient (Wildman–Crippen LogP) is 2.04. The maximum Gasteiger partial charge on any atom is 0.261 e. The van der Waals surface area contributed by atoms with Gasteiger partial charge in [0.25, 0.3) is 5.56 Å². The lowest BCUT2D eigenvalue weighted by Gasteiger charge is -2.04. The van der Waals surface area contributed by atoms with Gasteiger partial charge in [-0.1, -0.05) is 6.07 Å². The molecule has 0 N–H and O–H groups in total. The van der Waals surface area contributed by atoms with Crippen molar-refractivity contribution in [3.8, 4) is 0 Å². The molecule has 0 unspecified atom stereocenters. The second-order valence-electron chi connectivity index (χ2n) is 4.21. The lowest BCUT2D eigenvalue weighted by molar-refractivity contribution is 0.698. The molecule has 0 atom stereocenters. The zero-order valence-electron chi connectivity index (χ0n) is 8.60. The number of rotatable bonds is 1. The minimum Gasteiger partial charge on any atom is -0.296 e. The van der Waals surface area contributed by atoms with Gasteiger partial charge in [0.05, 0.1) is 17.2 Å². The lowest BCUT2D eigenvalue weighted by Crippen LogP contribution is -2.19. The number of hydrogen-bond donors (Lipinski definition) is 0. The van der Waals surface area contributed by atoms with Crippen LogP contribution in [-0.4, -0.2) is 9.55 Å². The summed E-state index contributed by atoms with van der Waals surface area (Å²) >= 11 is 0. The molecule has 0 saturated heterocycles. The topological polar surface area (TPSA) is 34.9 Å². The van der Waals surface area contributed by atoms with Crippen molar-refractivity contribution < 1.29 is 0 Å². The molecule has 0 bridgehead atoms. The highest BCUT2D eigenvalue weighted by Crippen LogP contribution is 2.33. The number of hydrogen-bond acceptors (Lipinski definition) is 2. The van der Waals surface area contributed by atoms with Crippen molar-refractivity contribution in [1.29, 1.82) is 0 Å². The first-order valence-corrected chi connectivity index (χ1v) is 5.23. The molecule has 3 heteroatoms. The van der Waals surface area contributed by atoms with E-state index in [-0.39, 0.29) is 5.56 Å². The minimum atomic E-state index is 0.0995. The smallest absolute Gasteiger partial charge is 0.261 e. The van der Waals surface area contributed by atoms with Gasteiger partial charge in [-0.2, -0.15) is 0 Å². The summed E-state index contributed by atoms with van der Waals surface area (Å²) in [7, 11) is 0. The van der Waals surface area contributed by atoms with Gasteiger partial charge in [-0.05, 0) is 37.5 Å². The van der Waals surface area contributed by atoms with E-state index in [1.165, 1.54) is 0 Å². The molecule has 0 radical (unpaired) electrons. The number of benzene rings is 1. The summed E-state index contributed by atoms with van der Waals surface area (Å²) in [5.41, 5.74) is 2.04. The summed E-state index contributed by atoms with van der Waals surface area (Å²) < 4.78 is 1.76. The van der Waals surface area contributed by atoms with Crippen LogP contribution in [-0.2, 0) is 0 Å². The quantitative estimate of drug-likeness (QED) is 0.706. The number of nitrogens with zero attached hydrogens (tertiary/aromatic N) is 2. The zero-order valence-corrected chi connectivity index (χ0v) is 8.60. The number of fused-ring (bicyclic) bond motifs is 1. The van der Waals surface area contributed by atoms with Crippen molar-refractivity contribution in [3.63, 3.8) is 0 Å². The molecule has 3 rings (SSSR count). The van der Waals surface area contributed by atoms with Crippen LogP contribution in [0.3, 0.4) is 0 Å². The molecule has 0 spiro atoms. The van der Waals surface area contributed by atoms with E-state index in [1.807, 2.05) is 25.1 Å². The third kappa shape index (κ3) is 1.35. The Kier molecular flexibility index (Phi) is 1.69. The molecular weight excluding hydrogens is 188 g/mol. The number of aryl methyl sites for hydroxylation is 1. The van der Waals surface area contributed by atoms with Gasteiger partial charge in [0, 0.05) is 6.04 Å². The Morgan fingerprint density at radius 1 is 1.40 bits per heavy atom. The van der Waals surface area contributed by atoms with E-state index in [0.29, 0.717) is 6.04 Å². The van der Waals surface area contributed by atoms with Crippen LogP contribution < -0.4 is 5.56 Å². The van der Waals surface area contributed by atoms with Gasteiger partial charge >= 0.3 is 0 Å². The fourth-order valence-electron chi connectivity index (χ4n) is 1.86. The second-order valence-corrected chi connectivity index (χ2v) is 4.21. The first-order chi connectivity index (χ1) is 7.25. The van der Waals surface area contributed by atoms with Crippen LogP contribution in [0.5, 0.6) is 0 Å². The normalized spacial score (nSPS) is 15.8. The molecule has 3 nitrogen and oxygen atoms in total. The molecule has 15 heavy (non-hydrogen) atoms. The first-order valence-electron chi connectivity index (χ1n) is 5.23. The van der Waals surface area contributed by atoms with Crippen LogP contribution in [0.15, 0.2) is 29.3 Å². The Morgan fingerprint density at radius 2 is 2.20 bits per heavy atom. The molecule has 2 aromatic rings. The van der Waals surface area contributed by atoms with E-state index in [1.54, 1.807) is 10.9 Å². The molecule has 1 heterocycles. The monoisotopic (exact) mass is 200 g/mol. The van der Waals surface area contributed by atoms with Crippen molar-refractivity contribution >= 4 is 10.9 Å². The van der Waals surface area contributed by atoms with Crippen LogP contribution in [0.25, 0.3) is 10.9 Å². The lowest BCUT2D eigenvalue weighted by atomic mass is 10.2. The third-order valence-corrected chi connectivity index (χ3v) is 2.88. The average Bonchev–Trinajstić information content (AvgIpc) is 3.01. The van der Waals surface area contributed by atoms with Gasteiger partial charge in [0.2, 0.25) is 0 Å². The van der Waals surface area contributed by atoms with Crippen LogP contribution in [0.1, 0.15) is 24.4 Å². The molecule has 1 saturated carbocycles. The maximum absolute atomic E-state index is 12.0. The fraction of sp³-hybridized carbons (Fsp3) is 0.333. The zero-order chi connectivity index (χ0) is 10.4. The molecule has 1 aliphatic rings.